The van der Waals surface area contributed by atoms with Crippen LogP contribution in [0.4, 0.5) is 0 Å². The zero-order valence-electron chi connectivity index (χ0n) is 25.8. The summed E-state index contributed by atoms with van der Waals surface area (Å²) in [6, 6.07) is 8.61. The standard InChI is InChI=1S/C33H45N5O6/c1-20(2)14-32(16-25(40)18-35-31(44)28(38-21(3)39)23-11-7-8-12-23)30(43)26(19-36-32)33(15-22-9-5-4-6-10-22)29(42)24(17-37-33)13-27(34)41/h4-6,9-10,17,19-20,23,25,28,36-37,40H,7-8,11-16,18H2,1-3H3,(H2,34,41)(H,35,44)(H,38,39)/t25?,28-,32-,33-/m0/s1. The number of benzene rings is 1. The van der Waals surface area contributed by atoms with Gasteiger partial charge in [-0.2, -0.15) is 0 Å². The largest absolute Gasteiger partial charge is 0.391 e. The molecular weight excluding hydrogens is 562 g/mol. The summed E-state index contributed by atoms with van der Waals surface area (Å²) in [5, 5.41) is 23.1. The molecule has 0 aromatic heterocycles. The van der Waals surface area contributed by atoms with E-state index in [-0.39, 0.29) is 66.4 Å². The molecule has 238 valence electrons. The predicted octanol–water partition coefficient (Wildman–Crippen LogP) is 1.30. The number of hydrogen-bond donors (Lipinski definition) is 6. The van der Waals surface area contributed by atoms with Crippen molar-refractivity contribution in [3.8, 4) is 0 Å². The van der Waals surface area contributed by atoms with Crippen molar-refractivity contribution >= 4 is 29.3 Å². The van der Waals surface area contributed by atoms with Crippen LogP contribution in [0.5, 0.6) is 0 Å². The molecule has 2 heterocycles. The molecule has 7 N–H and O–H groups in total. The first-order chi connectivity index (χ1) is 20.9. The highest BCUT2D eigenvalue weighted by molar-refractivity contribution is 6.18. The van der Waals surface area contributed by atoms with Crippen LogP contribution in [0.2, 0.25) is 0 Å². The lowest BCUT2D eigenvalue weighted by Gasteiger charge is -2.35. The fourth-order valence-corrected chi connectivity index (χ4v) is 6.97. The SMILES string of the molecule is CC(=O)N[C@H](C(=O)NCC(O)C[C@]1(CC(C)C)NC=C([C@]2(Cc3ccccc3)NC=C(CC(N)=O)C2=O)C1=O)C1CCCC1. The van der Waals surface area contributed by atoms with Crippen molar-refractivity contribution in [3.63, 3.8) is 0 Å². The molecule has 3 aliphatic rings. The molecule has 1 aromatic carbocycles. The van der Waals surface area contributed by atoms with Gasteiger partial charge in [-0.15, -0.1) is 0 Å². The summed E-state index contributed by atoms with van der Waals surface area (Å²) in [7, 11) is 0. The molecule has 4 rings (SSSR count). The van der Waals surface area contributed by atoms with Gasteiger partial charge in [-0.25, -0.2) is 0 Å². The topological polar surface area (TPSA) is 180 Å². The van der Waals surface area contributed by atoms with Gasteiger partial charge in [0.25, 0.3) is 0 Å². The number of nitrogens with one attached hydrogen (secondary N) is 4. The quantitative estimate of drug-likeness (QED) is 0.183. The second-order valence-corrected chi connectivity index (χ2v) is 12.9. The van der Waals surface area contributed by atoms with E-state index >= 15 is 0 Å². The van der Waals surface area contributed by atoms with E-state index in [1.807, 2.05) is 44.2 Å². The zero-order chi connectivity index (χ0) is 32.1. The Bertz CT molecular complexity index is 1340. The van der Waals surface area contributed by atoms with Crippen LogP contribution < -0.4 is 27.0 Å². The van der Waals surface area contributed by atoms with Crippen molar-refractivity contribution in [1.29, 1.82) is 0 Å². The number of ketones is 2. The van der Waals surface area contributed by atoms with Crippen LogP contribution in [-0.4, -0.2) is 64.2 Å². The zero-order valence-corrected chi connectivity index (χ0v) is 25.8. The van der Waals surface area contributed by atoms with E-state index in [1.165, 1.54) is 13.1 Å². The van der Waals surface area contributed by atoms with Crippen molar-refractivity contribution < 1.29 is 29.1 Å². The van der Waals surface area contributed by atoms with E-state index in [0.717, 1.165) is 31.2 Å². The van der Waals surface area contributed by atoms with E-state index in [0.29, 0.717) is 6.42 Å². The van der Waals surface area contributed by atoms with Crippen LogP contribution in [0.25, 0.3) is 0 Å². The van der Waals surface area contributed by atoms with Crippen LogP contribution in [0.3, 0.4) is 0 Å². The van der Waals surface area contributed by atoms with E-state index in [2.05, 4.69) is 21.3 Å². The molecule has 1 aliphatic carbocycles. The minimum Gasteiger partial charge on any atom is -0.391 e. The molecule has 11 nitrogen and oxygen atoms in total. The molecule has 1 fully saturated rings. The van der Waals surface area contributed by atoms with Crippen molar-refractivity contribution in [3.05, 3.63) is 59.4 Å². The summed E-state index contributed by atoms with van der Waals surface area (Å²) in [5.74, 6) is -1.94. The third kappa shape index (κ3) is 7.20. The highest BCUT2D eigenvalue weighted by atomic mass is 16.3. The van der Waals surface area contributed by atoms with E-state index in [1.54, 1.807) is 6.20 Å². The molecule has 1 saturated carbocycles. The molecule has 0 spiro atoms. The number of primary amides is 1. The normalized spacial score (nSPS) is 24.8. The Balaban J connectivity index is 1.54. The lowest BCUT2D eigenvalue weighted by Crippen LogP contribution is -2.56. The average Bonchev–Trinajstić information content (AvgIpc) is 3.67. The molecule has 2 aliphatic heterocycles. The fraction of sp³-hybridized carbons (Fsp3) is 0.545. The summed E-state index contributed by atoms with van der Waals surface area (Å²) >= 11 is 0. The van der Waals surface area contributed by atoms with Gasteiger partial charge in [-0.3, -0.25) is 24.0 Å². The first-order valence-corrected chi connectivity index (χ1v) is 15.5. The highest BCUT2D eigenvalue weighted by Gasteiger charge is 2.56. The van der Waals surface area contributed by atoms with Crippen LogP contribution in [-0.2, 0) is 30.4 Å². The Morgan fingerprint density at radius 2 is 1.70 bits per heavy atom. The van der Waals surface area contributed by atoms with Crippen LogP contribution >= 0.6 is 0 Å². The average molecular weight is 608 g/mol. The summed E-state index contributed by atoms with van der Waals surface area (Å²) in [5.41, 5.74) is 3.95. The smallest absolute Gasteiger partial charge is 0.242 e. The van der Waals surface area contributed by atoms with Gasteiger partial charge in [0.2, 0.25) is 17.7 Å². The monoisotopic (exact) mass is 607 g/mol. The lowest BCUT2D eigenvalue weighted by molar-refractivity contribution is -0.130. The van der Waals surface area contributed by atoms with E-state index in [9.17, 15) is 29.1 Å². The minimum absolute atomic E-state index is 0.0182. The molecular formula is C33H45N5O6. The van der Waals surface area contributed by atoms with Gasteiger partial charge in [-0.05, 0) is 36.7 Å². The molecule has 1 aromatic rings. The second kappa shape index (κ2) is 13.8. The molecule has 0 bridgehead atoms. The molecule has 0 saturated heterocycles. The molecule has 44 heavy (non-hydrogen) atoms. The van der Waals surface area contributed by atoms with Crippen molar-refractivity contribution in [2.24, 2.45) is 17.6 Å². The Kier molecular flexibility index (Phi) is 10.3. The summed E-state index contributed by atoms with van der Waals surface area (Å²) in [6.45, 7) is 5.20. The Labute approximate surface area is 258 Å². The fourth-order valence-electron chi connectivity index (χ4n) is 6.97. The molecule has 3 amide bonds. The first-order valence-electron chi connectivity index (χ1n) is 15.5. The maximum absolute atomic E-state index is 14.4. The number of aliphatic hydroxyl groups is 1. The minimum atomic E-state index is -1.46. The highest BCUT2D eigenvalue weighted by Crippen LogP contribution is 2.40. The van der Waals surface area contributed by atoms with Crippen LogP contribution in [0, 0.1) is 11.8 Å². The van der Waals surface area contributed by atoms with E-state index < -0.39 is 34.9 Å². The van der Waals surface area contributed by atoms with Gasteiger partial charge in [0.1, 0.15) is 17.1 Å². The number of rotatable bonds is 14. The van der Waals surface area contributed by atoms with Gasteiger partial charge in [0.15, 0.2) is 11.6 Å². The Morgan fingerprint density at radius 3 is 2.32 bits per heavy atom. The van der Waals surface area contributed by atoms with Crippen molar-refractivity contribution in [2.75, 3.05) is 6.54 Å². The number of aliphatic hydroxyl groups excluding tert-OH is 1. The summed E-state index contributed by atoms with van der Waals surface area (Å²) in [4.78, 5) is 64.9. The van der Waals surface area contributed by atoms with Crippen LogP contribution in [0.15, 0.2) is 53.9 Å². The summed E-state index contributed by atoms with van der Waals surface area (Å²) < 4.78 is 0. The molecule has 1 unspecified atom stereocenters. The molecule has 4 atom stereocenters. The number of carbonyl (C=O) groups excluding carboxylic acids is 5. The molecule has 0 radical (unpaired) electrons. The number of amides is 3. The molecule has 11 heteroatoms. The van der Waals surface area contributed by atoms with Gasteiger partial charge >= 0.3 is 0 Å². The number of nitrogens with two attached hydrogens (primary N) is 1. The lowest BCUT2D eigenvalue weighted by atomic mass is 9.72. The third-order valence-corrected chi connectivity index (χ3v) is 8.85. The van der Waals surface area contributed by atoms with Gasteiger partial charge in [-0.1, -0.05) is 57.0 Å². The van der Waals surface area contributed by atoms with Crippen molar-refractivity contribution in [1.82, 2.24) is 21.3 Å². The maximum Gasteiger partial charge on any atom is 0.242 e. The Morgan fingerprint density at radius 1 is 1.02 bits per heavy atom. The third-order valence-electron chi connectivity index (χ3n) is 8.85. The Hall–Kier alpha value is -3.99. The van der Waals surface area contributed by atoms with Crippen molar-refractivity contribution in [2.45, 2.75) is 95.4 Å². The van der Waals surface area contributed by atoms with E-state index in [4.69, 9.17) is 5.73 Å². The number of Topliss-reactive ketones (excluding diaryl/α,β-unsaturated/α-hetero) is 2. The van der Waals surface area contributed by atoms with Crippen LogP contribution in [0.1, 0.15) is 71.3 Å². The first kappa shape index (κ1) is 32.9. The number of hydrogen-bond acceptors (Lipinski definition) is 8. The van der Waals surface area contributed by atoms with Gasteiger partial charge in [0.05, 0.1) is 12.5 Å². The maximum atomic E-state index is 14.4. The van der Waals surface area contributed by atoms with Gasteiger partial charge < -0.3 is 32.1 Å². The second-order valence-electron chi connectivity index (χ2n) is 12.9. The number of carbonyl (C=O) groups is 5. The van der Waals surface area contributed by atoms with Gasteiger partial charge in [0, 0.05) is 49.9 Å². The summed E-state index contributed by atoms with van der Waals surface area (Å²) in [6.07, 6.45) is 5.87. The predicted molar refractivity (Wildman–Crippen MR) is 165 cm³/mol.